The van der Waals surface area contributed by atoms with Crippen molar-refractivity contribution in [1.29, 1.82) is 0 Å². The summed E-state index contributed by atoms with van der Waals surface area (Å²) in [5.41, 5.74) is 0.233. The number of hydrogen-bond acceptors (Lipinski definition) is 6. The van der Waals surface area contributed by atoms with E-state index in [0.29, 0.717) is 17.0 Å². The van der Waals surface area contributed by atoms with Crippen molar-refractivity contribution in [3.8, 4) is 17.2 Å². The third kappa shape index (κ3) is 3.77. The van der Waals surface area contributed by atoms with Gasteiger partial charge < -0.3 is 24.5 Å². The number of carbonyl (C=O) groups is 1. The Hall–Kier alpha value is -3.81. The van der Waals surface area contributed by atoms with Crippen molar-refractivity contribution in [2.75, 3.05) is 14.2 Å². The number of aromatic hydroxyl groups is 1. The average molecular weight is 395 g/mol. The summed E-state index contributed by atoms with van der Waals surface area (Å²) >= 11 is 0. The molecule has 2 heterocycles. The Morgan fingerprint density at radius 2 is 1.90 bits per heavy atom. The molecule has 0 bridgehead atoms. The minimum Gasteiger partial charge on any atom is -0.506 e. The highest BCUT2D eigenvalue weighted by Crippen LogP contribution is 2.36. The maximum atomic E-state index is 13.0. The number of ether oxygens (including phenoxy) is 2. The fraction of sp³-hybridized carbons (Fsp3) is 0.190. The summed E-state index contributed by atoms with van der Waals surface area (Å²) < 4.78 is 11.9. The molecule has 0 atom stereocenters. The van der Waals surface area contributed by atoms with Crippen LogP contribution in [-0.2, 0) is 13.1 Å². The monoisotopic (exact) mass is 395 g/mol. The number of rotatable bonds is 7. The lowest BCUT2D eigenvalue weighted by atomic mass is 10.1. The van der Waals surface area contributed by atoms with E-state index < -0.39 is 17.2 Å². The predicted molar refractivity (Wildman–Crippen MR) is 109 cm³/mol. The van der Waals surface area contributed by atoms with Crippen LogP contribution in [0.2, 0.25) is 0 Å². The van der Waals surface area contributed by atoms with Gasteiger partial charge >= 0.3 is 0 Å². The van der Waals surface area contributed by atoms with Gasteiger partial charge in [-0.05, 0) is 23.8 Å². The Kier molecular flexibility index (Phi) is 5.82. The molecule has 1 aromatic carbocycles. The van der Waals surface area contributed by atoms with Crippen molar-refractivity contribution in [1.82, 2.24) is 14.9 Å². The zero-order valence-corrected chi connectivity index (χ0v) is 16.1. The number of aromatic nitrogens is 2. The van der Waals surface area contributed by atoms with Crippen LogP contribution in [0.3, 0.4) is 0 Å². The molecule has 2 N–H and O–H groups in total. The van der Waals surface area contributed by atoms with E-state index in [2.05, 4.69) is 16.9 Å². The molecule has 0 fully saturated rings. The van der Waals surface area contributed by atoms with E-state index in [0.717, 1.165) is 5.56 Å². The van der Waals surface area contributed by atoms with Crippen molar-refractivity contribution >= 4 is 16.8 Å². The average Bonchev–Trinajstić information content (AvgIpc) is 2.75. The zero-order chi connectivity index (χ0) is 21.0. The number of carbonyl (C=O) groups excluding carboxylic acids is 1. The SMILES string of the molecule is C=CCn1c(=O)c(C(=O)NCc2ccncc2)c(O)c2cc(OC)c(OC)cc21. The van der Waals surface area contributed by atoms with Gasteiger partial charge in [-0.25, -0.2) is 0 Å². The smallest absolute Gasteiger partial charge is 0.268 e. The normalized spacial score (nSPS) is 10.6. The van der Waals surface area contributed by atoms with Gasteiger partial charge in [-0.1, -0.05) is 6.08 Å². The molecule has 0 aliphatic carbocycles. The second kappa shape index (κ2) is 8.47. The minimum absolute atomic E-state index is 0.149. The topological polar surface area (TPSA) is 103 Å². The largest absolute Gasteiger partial charge is 0.506 e. The highest BCUT2D eigenvalue weighted by Gasteiger charge is 2.23. The van der Waals surface area contributed by atoms with Crippen molar-refractivity contribution < 1.29 is 19.4 Å². The molecule has 8 nitrogen and oxygen atoms in total. The standard InChI is InChI=1S/C21H21N3O5/c1-4-9-24-15-11-17(29-3)16(28-2)10-14(15)19(25)18(21(24)27)20(26)23-12-13-5-7-22-8-6-13/h4-8,10-11,25H,1,9,12H2,2-3H3,(H,23,26). The number of fused-ring (bicyclic) bond motifs is 1. The van der Waals surface area contributed by atoms with Crippen molar-refractivity contribution in [3.05, 3.63) is 70.8 Å². The summed E-state index contributed by atoms with van der Waals surface area (Å²) in [6.45, 7) is 4.00. The quantitative estimate of drug-likeness (QED) is 0.595. The molecule has 3 rings (SSSR count). The van der Waals surface area contributed by atoms with Crippen LogP contribution < -0.4 is 20.3 Å². The summed E-state index contributed by atoms with van der Waals surface area (Å²) in [6.07, 6.45) is 4.74. The van der Waals surface area contributed by atoms with Gasteiger partial charge in [0.25, 0.3) is 11.5 Å². The van der Waals surface area contributed by atoms with Crippen LogP contribution in [0.5, 0.6) is 17.2 Å². The van der Waals surface area contributed by atoms with E-state index in [-0.39, 0.29) is 24.0 Å². The Balaban J connectivity index is 2.14. The van der Waals surface area contributed by atoms with E-state index in [9.17, 15) is 14.7 Å². The van der Waals surface area contributed by atoms with Crippen molar-refractivity contribution in [3.63, 3.8) is 0 Å². The summed E-state index contributed by atoms with van der Waals surface area (Å²) in [4.78, 5) is 29.7. The number of nitrogens with one attached hydrogen (secondary N) is 1. The molecule has 0 spiro atoms. The first-order valence-electron chi connectivity index (χ1n) is 8.81. The lowest BCUT2D eigenvalue weighted by Crippen LogP contribution is -2.33. The van der Waals surface area contributed by atoms with Crippen LogP contribution in [-0.4, -0.2) is 34.8 Å². The van der Waals surface area contributed by atoms with Crippen molar-refractivity contribution in [2.45, 2.75) is 13.1 Å². The summed E-state index contributed by atoms with van der Waals surface area (Å²) in [6, 6.07) is 6.60. The second-order valence-corrected chi connectivity index (χ2v) is 6.19. The van der Waals surface area contributed by atoms with Gasteiger partial charge in [0.2, 0.25) is 0 Å². The Morgan fingerprint density at radius 3 is 2.52 bits per heavy atom. The number of pyridine rings is 2. The number of allylic oxidation sites excluding steroid dienone is 1. The number of hydrogen-bond donors (Lipinski definition) is 2. The van der Waals surface area contributed by atoms with Crippen LogP contribution >= 0.6 is 0 Å². The molecule has 0 saturated carbocycles. The van der Waals surface area contributed by atoms with E-state index in [1.54, 1.807) is 30.6 Å². The van der Waals surface area contributed by atoms with Crippen molar-refractivity contribution in [2.24, 2.45) is 0 Å². The third-order valence-corrected chi connectivity index (χ3v) is 4.48. The number of amides is 1. The fourth-order valence-corrected chi connectivity index (χ4v) is 3.05. The van der Waals surface area contributed by atoms with Crippen LogP contribution in [0.25, 0.3) is 10.9 Å². The molecule has 2 aromatic heterocycles. The molecule has 150 valence electrons. The van der Waals surface area contributed by atoms with E-state index in [4.69, 9.17) is 9.47 Å². The van der Waals surface area contributed by atoms with Gasteiger partial charge in [0.05, 0.1) is 19.7 Å². The highest BCUT2D eigenvalue weighted by atomic mass is 16.5. The maximum absolute atomic E-state index is 13.0. The summed E-state index contributed by atoms with van der Waals surface area (Å²) in [5.74, 6) is -0.342. The van der Waals surface area contributed by atoms with Gasteiger partial charge in [0.15, 0.2) is 11.5 Å². The Labute approximate surface area is 167 Å². The third-order valence-electron chi connectivity index (χ3n) is 4.48. The van der Waals surface area contributed by atoms with Crippen LogP contribution in [0.4, 0.5) is 0 Å². The first-order chi connectivity index (χ1) is 14.0. The minimum atomic E-state index is -0.682. The first-order valence-corrected chi connectivity index (χ1v) is 8.81. The lowest BCUT2D eigenvalue weighted by Gasteiger charge is -2.16. The molecule has 8 heteroatoms. The Bertz CT molecular complexity index is 1120. The molecular weight excluding hydrogens is 374 g/mol. The fourth-order valence-electron chi connectivity index (χ4n) is 3.05. The molecule has 0 aliphatic heterocycles. The van der Waals surface area contributed by atoms with E-state index in [1.165, 1.54) is 30.9 Å². The van der Waals surface area contributed by atoms with Gasteiger partial charge in [-0.3, -0.25) is 14.6 Å². The molecule has 3 aromatic rings. The highest BCUT2D eigenvalue weighted by molar-refractivity contribution is 6.03. The molecule has 0 radical (unpaired) electrons. The molecule has 0 aliphatic rings. The second-order valence-electron chi connectivity index (χ2n) is 6.19. The number of methoxy groups -OCH3 is 2. The van der Waals surface area contributed by atoms with Gasteiger partial charge in [-0.2, -0.15) is 0 Å². The molecular formula is C21H21N3O5. The van der Waals surface area contributed by atoms with Crippen LogP contribution in [0, 0.1) is 0 Å². The predicted octanol–water partition coefficient (Wildman–Crippen LogP) is 2.24. The lowest BCUT2D eigenvalue weighted by molar-refractivity contribution is 0.0946. The zero-order valence-electron chi connectivity index (χ0n) is 16.1. The maximum Gasteiger partial charge on any atom is 0.268 e. The molecule has 1 amide bonds. The first kappa shape index (κ1) is 19.9. The Morgan fingerprint density at radius 1 is 1.24 bits per heavy atom. The molecule has 0 unspecified atom stereocenters. The number of benzene rings is 1. The summed E-state index contributed by atoms with van der Waals surface area (Å²) in [5, 5.41) is 13.7. The van der Waals surface area contributed by atoms with Gasteiger partial charge in [-0.15, -0.1) is 6.58 Å². The van der Waals surface area contributed by atoms with E-state index >= 15 is 0 Å². The van der Waals surface area contributed by atoms with E-state index in [1.807, 2.05) is 0 Å². The van der Waals surface area contributed by atoms with Crippen LogP contribution in [0.1, 0.15) is 15.9 Å². The number of nitrogens with zero attached hydrogens (tertiary/aromatic N) is 2. The van der Waals surface area contributed by atoms with Crippen LogP contribution in [0.15, 0.2) is 54.1 Å². The van der Waals surface area contributed by atoms with Gasteiger partial charge in [0.1, 0.15) is 11.3 Å². The summed E-state index contributed by atoms with van der Waals surface area (Å²) in [7, 11) is 2.93. The van der Waals surface area contributed by atoms with Gasteiger partial charge in [0, 0.05) is 36.9 Å². The molecule has 0 saturated heterocycles. The molecule has 29 heavy (non-hydrogen) atoms.